The lowest BCUT2D eigenvalue weighted by Crippen LogP contribution is -2.25. The molecule has 53 valence electrons. The molecule has 0 aromatic rings. The number of halogens is 3. The van der Waals surface area contributed by atoms with Gasteiger partial charge in [-0.1, -0.05) is 12.2 Å². The Hall–Kier alpha value is -0.320. The van der Waals surface area contributed by atoms with Crippen molar-refractivity contribution in [3.63, 3.8) is 0 Å². The van der Waals surface area contributed by atoms with E-state index in [4.69, 9.17) is 0 Å². The summed E-state index contributed by atoms with van der Waals surface area (Å²) < 4.78 is 33.8. The quantitative estimate of drug-likeness (QED) is 0.525. The van der Waals surface area contributed by atoms with Gasteiger partial charge in [-0.15, -0.1) is 0 Å². The summed E-state index contributed by atoms with van der Waals surface area (Å²) in [4.78, 5) is 0.0346. The monoisotopic (exact) mass is 156 g/mol. The first-order valence-corrected chi connectivity index (χ1v) is 2.57. The van der Waals surface area contributed by atoms with Gasteiger partial charge in [0.15, 0.2) is 0 Å². The molecule has 0 aromatic carbocycles. The van der Waals surface area contributed by atoms with Gasteiger partial charge in [-0.25, -0.2) is 0 Å². The Morgan fingerprint density at radius 3 is 2.11 bits per heavy atom. The van der Waals surface area contributed by atoms with Gasteiger partial charge in [-0.2, -0.15) is 13.2 Å². The van der Waals surface area contributed by atoms with Gasteiger partial charge in [0.2, 0.25) is 0 Å². The molecule has 0 atom stereocenters. The molecule has 0 spiro atoms. The summed E-state index contributed by atoms with van der Waals surface area (Å²) in [6, 6.07) is 0. The molecule has 0 rings (SSSR count). The molecule has 0 unspecified atom stereocenters. The molecule has 0 aliphatic heterocycles. The van der Waals surface area contributed by atoms with Gasteiger partial charge in [-0.3, -0.25) is 5.32 Å². The van der Waals surface area contributed by atoms with E-state index in [0.717, 1.165) is 0 Å². The second-order valence-electron chi connectivity index (χ2n) is 1.45. The molecule has 0 amide bonds. The van der Waals surface area contributed by atoms with Crippen LogP contribution >= 0.6 is 12.2 Å². The predicted octanol–water partition coefficient (Wildman–Crippen LogP) is 1.50. The fraction of sp³-hybridized carbons (Fsp3) is 0.750. The van der Waals surface area contributed by atoms with Crippen molar-refractivity contribution >= 4 is 17.2 Å². The third-order valence-electron chi connectivity index (χ3n) is 0.481. The molecule has 0 aliphatic carbocycles. The molecule has 0 N–H and O–H groups in total. The molecule has 1 nitrogen and oxygen atoms in total. The summed E-state index contributed by atoms with van der Waals surface area (Å²) in [5.74, 6) is 0. The molecule has 0 aliphatic rings. The zero-order valence-electron chi connectivity index (χ0n) is 4.70. The molecular formula is C4H5F3NS. The van der Waals surface area contributed by atoms with Gasteiger partial charge in [0.25, 0.3) is 0 Å². The van der Waals surface area contributed by atoms with Crippen LogP contribution in [0.25, 0.3) is 0 Å². The first-order valence-electron chi connectivity index (χ1n) is 2.16. The third kappa shape index (κ3) is 7.68. The molecule has 9 heavy (non-hydrogen) atoms. The molecule has 0 heterocycles. The summed E-state index contributed by atoms with van der Waals surface area (Å²) in [6.45, 7) is 0.184. The Labute approximate surface area is 56.2 Å². The normalized spacial score (nSPS) is 11.1. The number of nitrogens with zero attached hydrogens (tertiary/aromatic N) is 1. The first-order chi connectivity index (χ1) is 3.92. The highest BCUT2D eigenvalue weighted by molar-refractivity contribution is 7.80. The van der Waals surface area contributed by atoms with Crippen molar-refractivity contribution in [2.24, 2.45) is 0 Å². The summed E-state index contributed by atoms with van der Waals surface area (Å²) in [5.41, 5.74) is 0. The molecule has 0 saturated heterocycles. The number of hydrogen-bond acceptors (Lipinski definition) is 1. The minimum absolute atomic E-state index is 0.0346. The number of alkyl halides is 3. The van der Waals surface area contributed by atoms with E-state index in [-0.39, 0.29) is 4.99 Å². The van der Waals surface area contributed by atoms with E-state index < -0.39 is 12.7 Å². The molecule has 0 aromatic heterocycles. The Balaban J connectivity index is 3.39. The second kappa shape index (κ2) is 3.00. The van der Waals surface area contributed by atoms with Crippen LogP contribution in [0.15, 0.2) is 0 Å². The van der Waals surface area contributed by atoms with Gasteiger partial charge in [0, 0.05) is 0 Å². The van der Waals surface area contributed by atoms with E-state index in [0.29, 0.717) is 0 Å². The maximum absolute atomic E-state index is 11.3. The Bertz CT molecular complexity index is 109. The van der Waals surface area contributed by atoms with E-state index in [1.54, 1.807) is 0 Å². The van der Waals surface area contributed by atoms with Gasteiger partial charge in [0.1, 0.15) is 6.54 Å². The smallest absolute Gasteiger partial charge is 0.269 e. The average Bonchev–Trinajstić information content (AvgIpc) is 1.59. The van der Waals surface area contributed by atoms with Crippen molar-refractivity contribution in [3.05, 3.63) is 0 Å². The van der Waals surface area contributed by atoms with E-state index in [9.17, 15) is 13.2 Å². The Kier molecular flexibility index (Phi) is 2.90. The maximum Gasteiger partial charge on any atom is 0.407 e. The highest BCUT2D eigenvalue weighted by Gasteiger charge is 2.27. The lowest BCUT2D eigenvalue weighted by molar-refractivity contribution is -0.122. The van der Waals surface area contributed by atoms with Crippen LogP contribution in [0.3, 0.4) is 0 Å². The minimum atomic E-state index is -4.22. The van der Waals surface area contributed by atoms with Gasteiger partial charge in [0.05, 0.1) is 4.99 Å². The van der Waals surface area contributed by atoms with Crippen LogP contribution in [-0.2, 0) is 0 Å². The van der Waals surface area contributed by atoms with Gasteiger partial charge in [-0.05, 0) is 6.92 Å². The summed E-state index contributed by atoms with van der Waals surface area (Å²) in [5, 5.41) is 3.00. The summed E-state index contributed by atoms with van der Waals surface area (Å²) in [7, 11) is 0. The van der Waals surface area contributed by atoms with Crippen molar-refractivity contribution in [2.75, 3.05) is 6.54 Å². The third-order valence-corrected chi connectivity index (χ3v) is 0.610. The van der Waals surface area contributed by atoms with Gasteiger partial charge < -0.3 is 0 Å². The van der Waals surface area contributed by atoms with Crippen LogP contribution in [-0.4, -0.2) is 17.7 Å². The van der Waals surface area contributed by atoms with Crippen LogP contribution < -0.4 is 5.32 Å². The van der Waals surface area contributed by atoms with Crippen LogP contribution in [0.2, 0.25) is 0 Å². The van der Waals surface area contributed by atoms with Gasteiger partial charge >= 0.3 is 6.18 Å². The summed E-state index contributed by atoms with van der Waals surface area (Å²) >= 11 is 4.30. The van der Waals surface area contributed by atoms with Crippen molar-refractivity contribution < 1.29 is 13.2 Å². The Morgan fingerprint density at radius 2 is 2.00 bits per heavy atom. The van der Waals surface area contributed by atoms with Crippen molar-refractivity contribution in [1.82, 2.24) is 5.32 Å². The van der Waals surface area contributed by atoms with Crippen molar-refractivity contribution in [3.8, 4) is 0 Å². The highest BCUT2D eigenvalue weighted by Crippen LogP contribution is 2.12. The molecule has 0 fully saturated rings. The predicted molar refractivity (Wildman–Crippen MR) is 31.3 cm³/mol. The fourth-order valence-electron chi connectivity index (χ4n) is 0.201. The standard InChI is InChI=1S/C4H5F3NS/c1-3(9)8-2-4(5,6)7/h2H2,1H3. The largest absolute Gasteiger partial charge is 0.407 e. The van der Waals surface area contributed by atoms with E-state index in [1.165, 1.54) is 6.92 Å². The fourth-order valence-corrected chi connectivity index (χ4v) is 0.266. The highest BCUT2D eigenvalue weighted by atomic mass is 32.1. The average molecular weight is 156 g/mol. The minimum Gasteiger partial charge on any atom is -0.269 e. The Morgan fingerprint density at radius 1 is 1.56 bits per heavy atom. The lowest BCUT2D eigenvalue weighted by Gasteiger charge is -2.03. The molecule has 1 radical (unpaired) electrons. The van der Waals surface area contributed by atoms with Crippen molar-refractivity contribution in [2.45, 2.75) is 13.1 Å². The second-order valence-corrected chi connectivity index (χ2v) is 2.04. The zero-order chi connectivity index (χ0) is 7.49. The van der Waals surface area contributed by atoms with Crippen LogP contribution in [0.4, 0.5) is 13.2 Å². The molecular weight excluding hydrogens is 151 g/mol. The number of thiocarbonyl (C=S) groups is 1. The molecule has 0 saturated carbocycles. The summed E-state index contributed by atoms with van der Waals surface area (Å²) in [6.07, 6.45) is -4.22. The maximum atomic E-state index is 11.3. The topological polar surface area (TPSA) is 14.1 Å². The molecule has 5 heteroatoms. The first kappa shape index (κ1) is 8.68. The van der Waals surface area contributed by atoms with Crippen LogP contribution in [0, 0.1) is 0 Å². The van der Waals surface area contributed by atoms with Crippen LogP contribution in [0.5, 0.6) is 0 Å². The number of rotatable bonds is 1. The SMILES string of the molecule is CC(=S)[N]CC(F)(F)F. The zero-order valence-corrected chi connectivity index (χ0v) is 5.51. The molecule has 0 bridgehead atoms. The van der Waals surface area contributed by atoms with Crippen molar-refractivity contribution in [1.29, 1.82) is 0 Å². The number of hydrogen-bond donors (Lipinski definition) is 0. The van der Waals surface area contributed by atoms with E-state index >= 15 is 0 Å². The van der Waals surface area contributed by atoms with E-state index in [2.05, 4.69) is 17.5 Å². The lowest BCUT2D eigenvalue weighted by atomic mass is 10.6. The van der Waals surface area contributed by atoms with Crippen LogP contribution in [0.1, 0.15) is 6.92 Å². The van der Waals surface area contributed by atoms with E-state index in [1.807, 2.05) is 0 Å².